The van der Waals surface area contributed by atoms with Crippen LogP contribution >= 0.6 is 0 Å². The number of ether oxygens (including phenoxy) is 1. The van der Waals surface area contributed by atoms with Crippen LogP contribution in [0.1, 0.15) is 43.1 Å². The lowest BCUT2D eigenvalue weighted by Crippen LogP contribution is -2.03. The van der Waals surface area contributed by atoms with E-state index < -0.39 is 0 Å². The van der Waals surface area contributed by atoms with Crippen molar-refractivity contribution in [1.29, 1.82) is 0 Å². The number of fused-ring (bicyclic) bond motifs is 1. The average molecular weight is 313 g/mol. The van der Waals surface area contributed by atoms with E-state index in [-0.39, 0.29) is 6.10 Å². The molecular formula is C16H19N5O2. The fourth-order valence-electron chi connectivity index (χ4n) is 2.57. The fraction of sp³-hybridized carbons (Fsp3) is 0.500. The Morgan fingerprint density at radius 2 is 2.17 bits per heavy atom. The van der Waals surface area contributed by atoms with E-state index in [1.165, 1.54) is 12.8 Å². The topological polar surface area (TPSA) is 78.3 Å². The van der Waals surface area contributed by atoms with Crippen LogP contribution in [0.4, 0.5) is 0 Å². The van der Waals surface area contributed by atoms with Gasteiger partial charge >= 0.3 is 0 Å². The van der Waals surface area contributed by atoms with Crippen LogP contribution in [0.15, 0.2) is 16.8 Å². The zero-order valence-electron chi connectivity index (χ0n) is 13.5. The van der Waals surface area contributed by atoms with Crippen LogP contribution in [0, 0.1) is 19.8 Å². The van der Waals surface area contributed by atoms with Gasteiger partial charge in [0.05, 0.1) is 18.4 Å². The van der Waals surface area contributed by atoms with Gasteiger partial charge in [0.15, 0.2) is 5.65 Å². The molecule has 7 nitrogen and oxygen atoms in total. The molecule has 1 aliphatic rings. The number of aryl methyl sites for hydroxylation is 2. The molecule has 0 amide bonds. The Morgan fingerprint density at radius 1 is 1.35 bits per heavy atom. The van der Waals surface area contributed by atoms with Crippen LogP contribution < -0.4 is 0 Å². The van der Waals surface area contributed by atoms with Crippen molar-refractivity contribution in [3.8, 4) is 11.4 Å². The summed E-state index contributed by atoms with van der Waals surface area (Å²) in [5.41, 5.74) is 3.45. The maximum absolute atomic E-state index is 5.78. The SMILES string of the molecule is Cc1cc(C)n2ncc(-c3noc([C@@H](C)OCC4CC4)n3)c2n1. The van der Waals surface area contributed by atoms with Crippen molar-refractivity contribution >= 4 is 5.65 Å². The quantitative estimate of drug-likeness (QED) is 0.720. The molecule has 0 bridgehead atoms. The second-order valence-corrected chi connectivity index (χ2v) is 6.21. The van der Waals surface area contributed by atoms with Gasteiger partial charge in [-0.05, 0) is 45.6 Å². The Kier molecular flexibility index (Phi) is 3.37. The van der Waals surface area contributed by atoms with Crippen LogP contribution in [0.2, 0.25) is 0 Å². The lowest BCUT2D eigenvalue weighted by atomic mass is 10.3. The summed E-state index contributed by atoms with van der Waals surface area (Å²) in [7, 11) is 0. The van der Waals surface area contributed by atoms with E-state index in [4.69, 9.17) is 9.26 Å². The van der Waals surface area contributed by atoms with E-state index in [9.17, 15) is 0 Å². The zero-order chi connectivity index (χ0) is 16.0. The molecule has 0 unspecified atom stereocenters. The molecular weight excluding hydrogens is 294 g/mol. The number of rotatable bonds is 5. The predicted octanol–water partition coefficient (Wildman–Crippen LogP) is 2.88. The first-order valence-corrected chi connectivity index (χ1v) is 7.89. The molecule has 120 valence electrons. The van der Waals surface area contributed by atoms with Crippen LogP contribution in [-0.4, -0.2) is 31.3 Å². The Morgan fingerprint density at radius 3 is 2.96 bits per heavy atom. The zero-order valence-corrected chi connectivity index (χ0v) is 13.5. The summed E-state index contributed by atoms with van der Waals surface area (Å²) in [5, 5.41) is 8.43. The van der Waals surface area contributed by atoms with E-state index in [2.05, 4.69) is 20.2 Å². The van der Waals surface area contributed by atoms with Crippen molar-refractivity contribution in [3.05, 3.63) is 29.5 Å². The summed E-state index contributed by atoms with van der Waals surface area (Å²) in [6.45, 7) is 6.64. The molecule has 1 fully saturated rings. The van der Waals surface area contributed by atoms with Crippen molar-refractivity contribution in [2.45, 2.75) is 39.7 Å². The summed E-state index contributed by atoms with van der Waals surface area (Å²) in [5.74, 6) is 1.69. The Balaban J connectivity index is 1.63. The second-order valence-electron chi connectivity index (χ2n) is 6.21. The first-order valence-electron chi connectivity index (χ1n) is 7.89. The molecule has 3 heterocycles. The van der Waals surface area contributed by atoms with Crippen molar-refractivity contribution in [3.63, 3.8) is 0 Å². The van der Waals surface area contributed by atoms with Crippen molar-refractivity contribution in [2.75, 3.05) is 6.61 Å². The van der Waals surface area contributed by atoms with Gasteiger partial charge in [0, 0.05) is 11.4 Å². The highest BCUT2D eigenvalue weighted by Crippen LogP contribution is 2.31. The Labute approximate surface area is 133 Å². The maximum Gasteiger partial charge on any atom is 0.255 e. The highest BCUT2D eigenvalue weighted by Gasteiger charge is 2.25. The minimum absolute atomic E-state index is 0.199. The minimum atomic E-state index is -0.199. The predicted molar refractivity (Wildman–Crippen MR) is 82.8 cm³/mol. The first-order chi connectivity index (χ1) is 11.1. The van der Waals surface area contributed by atoms with E-state index in [1.807, 2.05) is 26.8 Å². The molecule has 3 aromatic heterocycles. The van der Waals surface area contributed by atoms with Crippen LogP contribution in [-0.2, 0) is 4.74 Å². The molecule has 1 aliphatic carbocycles. The second kappa shape index (κ2) is 5.42. The van der Waals surface area contributed by atoms with Gasteiger partial charge in [-0.25, -0.2) is 9.50 Å². The summed E-state index contributed by atoms with van der Waals surface area (Å²) in [6.07, 6.45) is 4.04. The van der Waals surface area contributed by atoms with Gasteiger partial charge in [-0.2, -0.15) is 10.1 Å². The van der Waals surface area contributed by atoms with Gasteiger partial charge in [-0.1, -0.05) is 5.16 Å². The van der Waals surface area contributed by atoms with E-state index in [0.717, 1.165) is 29.2 Å². The lowest BCUT2D eigenvalue weighted by molar-refractivity contribution is 0.0361. The molecule has 0 spiro atoms. The molecule has 0 radical (unpaired) electrons. The summed E-state index contributed by atoms with van der Waals surface area (Å²) in [6, 6.07) is 1.99. The van der Waals surface area contributed by atoms with Crippen molar-refractivity contribution < 1.29 is 9.26 Å². The normalized spacial score (nSPS) is 16.1. The van der Waals surface area contributed by atoms with E-state index in [1.54, 1.807) is 10.7 Å². The fourth-order valence-corrected chi connectivity index (χ4v) is 2.57. The highest BCUT2D eigenvalue weighted by atomic mass is 16.5. The molecule has 4 rings (SSSR count). The third kappa shape index (κ3) is 2.72. The van der Waals surface area contributed by atoms with Crippen LogP contribution in [0.5, 0.6) is 0 Å². The number of hydrogen-bond acceptors (Lipinski definition) is 6. The molecule has 23 heavy (non-hydrogen) atoms. The summed E-state index contributed by atoms with van der Waals surface area (Å²) < 4.78 is 12.9. The van der Waals surface area contributed by atoms with Crippen LogP contribution in [0.3, 0.4) is 0 Å². The number of aromatic nitrogens is 5. The molecule has 7 heteroatoms. The standard InChI is InChI=1S/C16H19N5O2/c1-9-6-10(2)21-15(18-9)13(7-17-21)14-19-16(23-20-14)11(3)22-8-12-4-5-12/h6-7,11-12H,4-5,8H2,1-3H3/t11-/m1/s1. The molecule has 1 atom stereocenters. The third-order valence-electron chi connectivity index (χ3n) is 4.09. The summed E-state index contributed by atoms with van der Waals surface area (Å²) in [4.78, 5) is 9.01. The van der Waals surface area contributed by atoms with E-state index >= 15 is 0 Å². The van der Waals surface area contributed by atoms with Crippen molar-refractivity contribution in [2.24, 2.45) is 5.92 Å². The number of nitrogens with zero attached hydrogens (tertiary/aromatic N) is 5. The van der Waals surface area contributed by atoms with Gasteiger partial charge in [0.25, 0.3) is 5.89 Å². The average Bonchev–Trinajstić information content (AvgIpc) is 3.04. The Hall–Kier alpha value is -2.28. The molecule has 0 aliphatic heterocycles. The van der Waals surface area contributed by atoms with Gasteiger partial charge in [-0.15, -0.1) is 0 Å². The third-order valence-corrected chi connectivity index (χ3v) is 4.09. The molecule has 0 N–H and O–H groups in total. The minimum Gasteiger partial charge on any atom is -0.368 e. The van der Waals surface area contributed by atoms with Gasteiger partial charge in [-0.3, -0.25) is 0 Å². The smallest absolute Gasteiger partial charge is 0.255 e. The van der Waals surface area contributed by atoms with Gasteiger partial charge in [0.2, 0.25) is 5.82 Å². The molecule has 1 saturated carbocycles. The van der Waals surface area contributed by atoms with Crippen LogP contribution in [0.25, 0.3) is 17.0 Å². The van der Waals surface area contributed by atoms with Gasteiger partial charge < -0.3 is 9.26 Å². The Bertz CT molecular complexity index is 849. The van der Waals surface area contributed by atoms with E-state index in [0.29, 0.717) is 17.6 Å². The lowest BCUT2D eigenvalue weighted by Gasteiger charge is -2.07. The maximum atomic E-state index is 5.78. The largest absolute Gasteiger partial charge is 0.368 e. The summed E-state index contributed by atoms with van der Waals surface area (Å²) >= 11 is 0. The molecule has 0 aromatic carbocycles. The monoisotopic (exact) mass is 313 g/mol. The highest BCUT2D eigenvalue weighted by molar-refractivity contribution is 5.72. The molecule has 0 saturated heterocycles. The van der Waals surface area contributed by atoms with Crippen molar-refractivity contribution in [1.82, 2.24) is 24.7 Å². The van der Waals surface area contributed by atoms with Gasteiger partial charge in [0.1, 0.15) is 6.10 Å². The first kappa shape index (κ1) is 14.3. The number of hydrogen-bond donors (Lipinski definition) is 0. The molecule has 3 aromatic rings.